The van der Waals surface area contributed by atoms with E-state index in [4.69, 9.17) is 4.74 Å². The second-order valence-corrected chi connectivity index (χ2v) is 3.67. The number of methoxy groups -OCH3 is 1. The number of carbonyl (C=O) groups is 1. The summed E-state index contributed by atoms with van der Waals surface area (Å²) in [7, 11) is 1.74. The molecular formula is C11H14O2. The molecule has 0 bridgehead atoms. The van der Waals surface area contributed by atoms with Gasteiger partial charge in [-0.15, -0.1) is 0 Å². The highest BCUT2D eigenvalue weighted by atomic mass is 16.5. The van der Waals surface area contributed by atoms with Crippen molar-refractivity contribution < 1.29 is 9.53 Å². The summed E-state index contributed by atoms with van der Waals surface area (Å²) in [5.41, 5.74) is 2.57. The molecule has 0 heterocycles. The van der Waals surface area contributed by atoms with E-state index in [1.54, 1.807) is 13.2 Å². The Morgan fingerprint density at radius 3 is 3.08 bits per heavy atom. The molecule has 2 rings (SSSR count). The summed E-state index contributed by atoms with van der Waals surface area (Å²) >= 11 is 0. The number of ketones is 1. The predicted octanol–water partition coefficient (Wildman–Crippen LogP) is 2.01. The second kappa shape index (κ2) is 3.46. The largest absolute Gasteiger partial charge is 0.381 e. The van der Waals surface area contributed by atoms with Crippen molar-refractivity contribution in [3.05, 3.63) is 23.3 Å². The summed E-state index contributed by atoms with van der Waals surface area (Å²) in [5.74, 6) is 0.232. The molecule has 70 valence electrons. The Labute approximate surface area is 78.3 Å². The first kappa shape index (κ1) is 8.70. The Kier molecular flexibility index (Phi) is 2.32. The van der Waals surface area contributed by atoms with Crippen LogP contribution in [-0.2, 0) is 9.53 Å². The van der Waals surface area contributed by atoms with E-state index in [1.165, 1.54) is 11.1 Å². The molecule has 1 saturated carbocycles. The number of carbonyl (C=O) groups excluding carboxylic acids is 1. The molecule has 0 spiro atoms. The van der Waals surface area contributed by atoms with Crippen molar-refractivity contribution in [3.63, 3.8) is 0 Å². The minimum absolute atomic E-state index is 0.232. The predicted molar refractivity (Wildman–Crippen MR) is 50.4 cm³/mol. The van der Waals surface area contributed by atoms with Gasteiger partial charge in [-0.05, 0) is 36.5 Å². The fourth-order valence-corrected chi connectivity index (χ4v) is 2.02. The lowest BCUT2D eigenvalue weighted by atomic mass is 9.83. The van der Waals surface area contributed by atoms with Crippen LogP contribution in [0.15, 0.2) is 23.3 Å². The van der Waals surface area contributed by atoms with Crippen molar-refractivity contribution in [2.45, 2.75) is 31.8 Å². The number of ether oxygens (including phenoxy) is 1. The molecule has 0 radical (unpaired) electrons. The molecule has 0 saturated heterocycles. The molecule has 2 nitrogen and oxygen atoms in total. The molecule has 1 atom stereocenters. The summed E-state index contributed by atoms with van der Waals surface area (Å²) in [6.07, 6.45) is 7.84. The third-order valence-electron chi connectivity index (χ3n) is 2.81. The Morgan fingerprint density at radius 1 is 1.46 bits per heavy atom. The van der Waals surface area contributed by atoms with Crippen LogP contribution < -0.4 is 0 Å². The maximum Gasteiger partial charge on any atom is 0.159 e. The Bertz CT molecular complexity index is 286. The minimum Gasteiger partial charge on any atom is -0.381 e. The Balaban J connectivity index is 2.16. The molecule has 0 N–H and O–H groups in total. The minimum atomic E-state index is 0.232. The number of rotatable bonds is 1. The van der Waals surface area contributed by atoms with Crippen LogP contribution in [0.2, 0.25) is 0 Å². The van der Waals surface area contributed by atoms with Crippen LogP contribution in [0.5, 0.6) is 0 Å². The van der Waals surface area contributed by atoms with Crippen molar-refractivity contribution in [1.82, 2.24) is 0 Å². The maximum atomic E-state index is 11.2. The zero-order valence-electron chi connectivity index (χ0n) is 7.88. The number of hydrogen-bond acceptors (Lipinski definition) is 2. The Morgan fingerprint density at radius 2 is 2.31 bits per heavy atom. The molecule has 0 amide bonds. The smallest absolute Gasteiger partial charge is 0.159 e. The van der Waals surface area contributed by atoms with Crippen LogP contribution in [0.3, 0.4) is 0 Å². The van der Waals surface area contributed by atoms with Crippen molar-refractivity contribution in [3.8, 4) is 0 Å². The van der Waals surface area contributed by atoms with Crippen LogP contribution in [-0.4, -0.2) is 19.0 Å². The second-order valence-electron chi connectivity index (χ2n) is 3.67. The molecule has 13 heavy (non-hydrogen) atoms. The van der Waals surface area contributed by atoms with Gasteiger partial charge in [-0.25, -0.2) is 0 Å². The highest BCUT2D eigenvalue weighted by molar-refractivity contribution is 5.93. The average Bonchev–Trinajstić information content (AvgIpc) is 2.16. The van der Waals surface area contributed by atoms with Gasteiger partial charge in [0.2, 0.25) is 0 Å². The first-order valence-corrected chi connectivity index (χ1v) is 4.75. The lowest BCUT2D eigenvalue weighted by molar-refractivity contribution is -0.114. The molecular weight excluding hydrogens is 164 g/mol. The molecule has 0 aliphatic heterocycles. The van der Waals surface area contributed by atoms with E-state index in [1.807, 2.05) is 0 Å². The van der Waals surface area contributed by atoms with Crippen LogP contribution >= 0.6 is 0 Å². The topological polar surface area (TPSA) is 26.3 Å². The number of hydrogen-bond donors (Lipinski definition) is 0. The SMILES string of the molecule is COC1CCC2=CCC(=O)C=C2C1. The average molecular weight is 178 g/mol. The molecule has 2 aliphatic carbocycles. The lowest BCUT2D eigenvalue weighted by Gasteiger charge is -2.27. The van der Waals surface area contributed by atoms with Gasteiger partial charge in [0.25, 0.3) is 0 Å². The van der Waals surface area contributed by atoms with Gasteiger partial charge >= 0.3 is 0 Å². The molecule has 2 heteroatoms. The highest BCUT2D eigenvalue weighted by Crippen LogP contribution is 2.32. The zero-order chi connectivity index (χ0) is 9.26. The first-order valence-electron chi connectivity index (χ1n) is 4.75. The van der Waals surface area contributed by atoms with Gasteiger partial charge in [-0.3, -0.25) is 4.79 Å². The van der Waals surface area contributed by atoms with Crippen molar-refractivity contribution in [2.24, 2.45) is 0 Å². The molecule has 0 aromatic heterocycles. The molecule has 1 fully saturated rings. The monoisotopic (exact) mass is 178 g/mol. The quantitative estimate of drug-likeness (QED) is 0.614. The number of allylic oxidation sites excluding steroid dienone is 3. The van der Waals surface area contributed by atoms with Gasteiger partial charge in [0.15, 0.2) is 5.78 Å². The van der Waals surface area contributed by atoms with E-state index in [2.05, 4.69) is 6.08 Å². The van der Waals surface area contributed by atoms with E-state index in [-0.39, 0.29) is 5.78 Å². The van der Waals surface area contributed by atoms with Gasteiger partial charge in [-0.1, -0.05) is 6.08 Å². The van der Waals surface area contributed by atoms with E-state index in [0.717, 1.165) is 19.3 Å². The van der Waals surface area contributed by atoms with Crippen molar-refractivity contribution >= 4 is 5.78 Å². The van der Waals surface area contributed by atoms with Crippen LogP contribution in [0.1, 0.15) is 25.7 Å². The molecule has 0 aromatic rings. The third kappa shape index (κ3) is 1.73. The Hall–Kier alpha value is -0.890. The fraction of sp³-hybridized carbons (Fsp3) is 0.545. The zero-order valence-corrected chi connectivity index (χ0v) is 7.88. The van der Waals surface area contributed by atoms with Gasteiger partial charge in [-0.2, -0.15) is 0 Å². The van der Waals surface area contributed by atoms with Gasteiger partial charge < -0.3 is 4.74 Å². The summed E-state index contributed by atoms with van der Waals surface area (Å²) in [6, 6.07) is 0. The number of fused-ring (bicyclic) bond motifs is 1. The molecule has 1 unspecified atom stereocenters. The maximum absolute atomic E-state index is 11.2. The molecule has 0 aromatic carbocycles. The summed E-state index contributed by atoms with van der Waals surface area (Å²) in [4.78, 5) is 11.2. The van der Waals surface area contributed by atoms with Crippen LogP contribution in [0.4, 0.5) is 0 Å². The molecule has 2 aliphatic rings. The van der Waals surface area contributed by atoms with E-state index >= 15 is 0 Å². The van der Waals surface area contributed by atoms with Crippen molar-refractivity contribution in [2.75, 3.05) is 7.11 Å². The normalized spacial score (nSPS) is 27.8. The fourth-order valence-electron chi connectivity index (χ4n) is 2.02. The highest BCUT2D eigenvalue weighted by Gasteiger charge is 2.22. The van der Waals surface area contributed by atoms with Crippen LogP contribution in [0, 0.1) is 0 Å². The first-order chi connectivity index (χ1) is 6.29. The third-order valence-corrected chi connectivity index (χ3v) is 2.81. The van der Waals surface area contributed by atoms with Gasteiger partial charge in [0, 0.05) is 13.5 Å². The summed E-state index contributed by atoms with van der Waals surface area (Å²) in [6.45, 7) is 0. The van der Waals surface area contributed by atoms with Crippen LogP contribution in [0.25, 0.3) is 0 Å². The summed E-state index contributed by atoms with van der Waals surface area (Å²) in [5, 5.41) is 0. The van der Waals surface area contributed by atoms with Crippen molar-refractivity contribution in [1.29, 1.82) is 0 Å². The van der Waals surface area contributed by atoms with E-state index < -0.39 is 0 Å². The van der Waals surface area contributed by atoms with Gasteiger partial charge in [0.1, 0.15) is 0 Å². The standard InChI is InChI=1S/C11H14O2/c1-13-11-5-3-8-2-4-10(12)6-9(8)7-11/h2,6,11H,3-5,7H2,1H3. The van der Waals surface area contributed by atoms with E-state index in [9.17, 15) is 4.79 Å². The van der Waals surface area contributed by atoms with Gasteiger partial charge in [0.05, 0.1) is 6.10 Å². The summed E-state index contributed by atoms with van der Waals surface area (Å²) < 4.78 is 5.30. The van der Waals surface area contributed by atoms with E-state index in [0.29, 0.717) is 12.5 Å². The lowest BCUT2D eigenvalue weighted by Crippen LogP contribution is -2.20.